The first-order valence-electron chi connectivity index (χ1n) is 12.1. The van der Waals surface area contributed by atoms with Crippen molar-refractivity contribution in [1.29, 1.82) is 0 Å². The predicted molar refractivity (Wildman–Crippen MR) is 139 cm³/mol. The molecule has 0 radical (unpaired) electrons. The lowest BCUT2D eigenvalue weighted by Gasteiger charge is -2.03. The molecule has 0 aliphatic carbocycles. The van der Waals surface area contributed by atoms with Crippen molar-refractivity contribution in [1.82, 2.24) is 0 Å². The third-order valence-electron chi connectivity index (χ3n) is 5.80. The number of hydrogen-bond donors (Lipinski definition) is 1. The van der Waals surface area contributed by atoms with Gasteiger partial charge in [0.25, 0.3) is 0 Å². The van der Waals surface area contributed by atoms with Gasteiger partial charge in [-0.05, 0) is 71.9 Å². The van der Waals surface area contributed by atoms with Crippen LogP contribution in [0.3, 0.4) is 0 Å². The standard InChI is InChI=1S/C26H42S3/c1-2-3-4-5-6-7-8-9-10-13-16-23-21-25(29-22-23)26-24(18-20-28-26)17-14-11-12-15-19-27/h18,20-22,27H,2-17,19H2,1H3. The fraction of sp³-hybridized carbons (Fsp3) is 0.692. The van der Waals surface area contributed by atoms with E-state index in [1.807, 2.05) is 22.7 Å². The zero-order valence-electron chi connectivity index (χ0n) is 18.6. The Bertz CT molecular complexity index is 625. The second-order valence-electron chi connectivity index (χ2n) is 8.41. The van der Waals surface area contributed by atoms with Crippen LogP contribution in [0.25, 0.3) is 9.75 Å². The molecule has 0 amide bonds. The number of rotatable bonds is 18. The van der Waals surface area contributed by atoms with Gasteiger partial charge in [0, 0.05) is 9.75 Å². The first-order valence-corrected chi connectivity index (χ1v) is 14.5. The lowest BCUT2D eigenvalue weighted by molar-refractivity contribution is 0.556. The van der Waals surface area contributed by atoms with Crippen molar-refractivity contribution in [3.05, 3.63) is 34.0 Å². The number of hydrogen-bond acceptors (Lipinski definition) is 3. The summed E-state index contributed by atoms with van der Waals surface area (Å²) in [6, 6.07) is 4.81. The van der Waals surface area contributed by atoms with Crippen molar-refractivity contribution < 1.29 is 0 Å². The van der Waals surface area contributed by atoms with Crippen LogP contribution in [0.15, 0.2) is 22.9 Å². The van der Waals surface area contributed by atoms with Crippen LogP contribution in [0.1, 0.15) is 108 Å². The van der Waals surface area contributed by atoms with Gasteiger partial charge in [-0.2, -0.15) is 12.6 Å². The highest BCUT2D eigenvalue weighted by atomic mass is 32.1. The highest BCUT2D eigenvalue weighted by Gasteiger charge is 2.10. The van der Waals surface area contributed by atoms with Gasteiger partial charge in [-0.15, -0.1) is 22.7 Å². The zero-order valence-corrected chi connectivity index (χ0v) is 21.1. The van der Waals surface area contributed by atoms with E-state index in [0.717, 1.165) is 5.75 Å². The molecule has 0 bridgehead atoms. The second kappa shape index (κ2) is 16.4. The van der Waals surface area contributed by atoms with E-state index in [1.54, 1.807) is 11.1 Å². The molecule has 0 spiro atoms. The van der Waals surface area contributed by atoms with Crippen molar-refractivity contribution in [2.75, 3.05) is 5.75 Å². The first-order chi connectivity index (χ1) is 14.3. The minimum Gasteiger partial charge on any atom is -0.179 e. The molecular weight excluding hydrogens is 408 g/mol. The lowest BCUT2D eigenvalue weighted by atomic mass is 10.0. The average molecular weight is 451 g/mol. The highest BCUT2D eigenvalue weighted by molar-refractivity contribution is 7.80. The molecule has 0 fully saturated rings. The molecule has 2 rings (SSSR count). The minimum atomic E-state index is 1.03. The van der Waals surface area contributed by atoms with Crippen molar-refractivity contribution in [2.24, 2.45) is 0 Å². The summed E-state index contributed by atoms with van der Waals surface area (Å²) in [6.07, 6.45) is 21.9. The van der Waals surface area contributed by atoms with Crippen LogP contribution in [0.5, 0.6) is 0 Å². The first kappa shape index (κ1) is 25.0. The maximum absolute atomic E-state index is 4.31. The monoisotopic (exact) mass is 450 g/mol. The average Bonchev–Trinajstić information content (AvgIpc) is 3.38. The highest BCUT2D eigenvalue weighted by Crippen LogP contribution is 2.35. The maximum Gasteiger partial charge on any atom is 0.0474 e. The quantitative estimate of drug-likeness (QED) is 0.169. The van der Waals surface area contributed by atoms with Crippen molar-refractivity contribution in [2.45, 2.75) is 110 Å². The summed E-state index contributed by atoms with van der Waals surface area (Å²) >= 11 is 8.19. The molecule has 2 heterocycles. The molecule has 0 aliphatic rings. The molecule has 0 atom stereocenters. The largest absolute Gasteiger partial charge is 0.179 e. The Morgan fingerprint density at radius 2 is 1.34 bits per heavy atom. The molecule has 0 aromatic carbocycles. The summed E-state index contributed by atoms with van der Waals surface area (Å²) < 4.78 is 0. The molecule has 29 heavy (non-hydrogen) atoms. The fourth-order valence-corrected chi connectivity index (χ4v) is 6.27. The van der Waals surface area contributed by atoms with E-state index < -0.39 is 0 Å². The summed E-state index contributed by atoms with van der Waals surface area (Å²) in [5, 5.41) is 4.68. The van der Waals surface area contributed by atoms with Crippen LogP contribution in [0.4, 0.5) is 0 Å². The molecule has 0 aliphatic heterocycles. The smallest absolute Gasteiger partial charge is 0.0474 e. The molecule has 0 nitrogen and oxygen atoms in total. The number of aryl methyl sites for hydroxylation is 2. The molecule has 3 heteroatoms. The Kier molecular flexibility index (Phi) is 14.2. The van der Waals surface area contributed by atoms with Gasteiger partial charge >= 0.3 is 0 Å². The third-order valence-corrected chi connectivity index (χ3v) is 8.23. The topological polar surface area (TPSA) is 0 Å². The van der Waals surface area contributed by atoms with E-state index in [4.69, 9.17) is 0 Å². The summed E-state index contributed by atoms with van der Waals surface area (Å²) in [7, 11) is 0. The normalized spacial score (nSPS) is 11.4. The third kappa shape index (κ3) is 10.6. The fourth-order valence-electron chi connectivity index (χ4n) is 3.97. The summed E-state index contributed by atoms with van der Waals surface area (Å²) in [5.74, 6) is 1.03. The number of thiophene rings is 2. The van der Waals surface area contributed by atoms with Gasteiger partial charge in [0.15, 0.2) is 0 Å². The summed E-state index contributed by atoms with van der Waals surface area (Å²) in [6.45, 7) is 2.29. The van der Waals surface area contributed by atoms with Crippen molar-refractivity contribution in [3.63, 3.8) is 0 Å². The van der Waals surface area contributed by atoms with E-state index in [9.17, 15) is 0 Å². The van der Waals surface area contributed by atoms with Crippen LogP contribution in [-0.4, -0.2) is 5.75 Å². The van der Waals surface area contributed by atoms with Crippen LogP contribution < -0.4 is 0 Å². The van der Waals surface area contributed by atoms with Gasteiger partial charge in [-0.25, -0.2) is 0 Å². The number of thiol groups is 1. The van der Waals surface area contributed by atoms with Crippen LogP contribution in [0.2, 0.25) is 0 Å². The Hall–Kier alpha value is -0.250. The van der Waals surface area contributed by atoms with Gasteiger partial charge in [-0.1, -0.05) is 77.6 Å². The summed E-state index contributed by atoms with van der Waals surface area (Å²) in [4.78, 5) is 3.02. The minimum absolute atomic E-state index is 1.03. The Balaban J connectivity index is 1.61. The van der Waals surface area contributed by atoms with Gasteiger partial charge in [0.2, 0.25) is 0 Å². The number of unbranched alkanes of at least 4 members (excludes halogenated alkanes) is 12. The van der Waals surface area contributed by atoms with Gasteiger partial charge in [-0.3, -0.25) is 0 Å². The molecule has 0 saturated carbocycles. The zero-order chi connectivity index (χ0) is 20.6. The van der Waals surface area contributed by atoms with Crippen molar-refractivity contribution >= 4 is 35.3 Å². The van der Waals surface area contributed by atoms with E-state index >= 15 is 0 Å². The van der Waals surface area contributed by atoms with E-state index in [2.05, 4.69) is 42.4 Å². The van der Waals surface area contributed by atoms with Gasteiger partial charge in [0.05, 0.1) is 0 Å². The Labute approximate surface area is 193 Å². The van der Waals surface area contributed by atoms with Crippen LogP contribution in [0, 0.1) is 0 Å². The van der Waals surface area contributed by atoms with Gasteiger partial charge < -0.3 is 0 Å². The molecule has 164 valence electrons. The molecule has 0 saturated heterocycles. The van der Waals surface area contributed by atoms with E-state index in [-0.39, 0.29) is 0 Å². The summed E-state index contributed by atoms with van der Waals surface area (Å²) in [5.41, 5.74) is 3.12. The second-order valence-corrected chi connectivity index (χ2v) is 10.7. The van der Waals surface area contributed by atoms with Gasteiger partial charge in [0.1, 0.15) is 0 Å². The van der Waals surface area contributed by atoms with E-state index in [1.165, 1.54) is 112 Å². The predicted octanol–water partition coefficient (Wildman–Crippen LogP) is 9.97. The lowest BCUT2D eigenvalue weighted by Crippen LogP contribution is -1.86. The molecule has 0 unspecified atom stereocenters. The Morgan fingerprint density at radius 3 is 2.03 bits per heavy atom. The van der Waals surface area contributed by atoms with E-state index in [0.29, 0.717) is 0 Å². The molecule has 2 aromatic heterocycles. The molecule has 0 N–H and O–H groups in total. The van der Waals surface area contributed by atoms with Crippen LogP contribution in [-0.2, 0) is 12.8 Å². The maximum atomic E-state index is 4.31. The molecular formula is C26H42S3. The molecule has 2 aromatic rings. The Morgan fingerprint density at radius 1 is 0.724 bits per heavy atom. The van der Waals surface area contributed by atoms with Crippen molar-refractivity contribution in [3.8, 4) is 9.75 Å². The SMILES string of the molecule is CCCCCCCCCCCCc1csc(-c2sccc2CCCCCCS)c1. The van der Waals surface area contributed by atoms with Crippen LogP contribution >= 0.6 is 35.3 Å².